The van der Waals surface area contributed by atoms with Gasteiger partial charge in [0.2, 0.25) is 0 Å². The normalized spacial score (nSPS) is 14.0. The minimum Gasteiger partial charge on any atom is -0.328 e. The highest BCUT2D eigenvalue weighted by Gasteiger charge is 2.24. The van der Waals surface area contributed by atoms with Crippen LogP contribution in [0.25, 0.3) is 22.0 Å². The summed E-state index contributed by atoms with van der Waals surface area (Å²) in [4.78, 5) is 13.0. The van der Waals surface area contributed by atoms with E-state index in [1.165, 1.54) is 0 Å². The molecule has 3 rings (SSSR count). The number of hydrogen-bond acceptors (Lipinski definition) is 5. The second kappa shape index (κ2) is 5.20. The fraction of sp³-hybridized carbons (Fsp3) is 0.188. The SMILES string of the molecule is CC(N)(CN)c1nc(-c2ccncc2)cc2cnccc12. The lowest BCUT2D eigenvalue weighted by molar-refractivity contribution is 0.497. The quantitative estimate of drug-likeness (QED) is 0.763. The molecule has 106 valence electrons. The van der Waals surface area contributed by atoms with Crippen molar-refractivity contribution in [1.82, 2.24) is 15.0 Å². The molecule has 3 aromatic heterocycles. The van der Waals surface area contributed by atoms with Gasteiger partial charge in [-0.15, -0.1) is 0 Å². The average Bonchev–Trinajstić information content (AvgIpc) is 2.54. The minimum atomic E-state index is -0.692. The van der Waals surface area contributed by atoms with Crippen LogP contribution in [0.1, 0.15) is 12.6 Å². The van der Waals surface area contributed by atoms with Gasteiger partial charge < -0.3 is 11.5 Å². The monoisotopic (exact) mass is 279 g/mol. The third-order valence-corrected chi connectivity index (χ3v) is 3.57. The fourth-order valence-corrected chi connectivity index (χ4v) is 2.30. The predicted octanol–water partition coefficient (Wildman–Crippen LogP) is 1.82. The minimum absolute atomic E-state index is 0.317. The molecule has 21 heavy (non-hydrogen) atoms. The molecule has 1 unspecified atom stereocenters. The summed E-state index contributed by atoms with van der Waals surface area (Å²) in [5, 5.41) is 1.98. The van der Waals surface area contributed by atoms with Crippen LogP contribution in [0.4, 0.5) is 0 Å². The van der Waals surface area contributed by atoms with Crippen LogP contribution in [0.2, 0.25) is 0 Å². The third-order valence-electron chi connectivity index (χ3n) is 3.57. The highest BCUT2D eigenvalue weighted by atomic mass is 14.9. The maximum atomic E-state index is 6.33. The molecule has 3 aromatic rings. The first-order chi connectivity index (χ1) is 10.1. The maximum Gasteiger partial charge on any atom is 0.0714 e. The number of rotatable bonds is 3. The van der Waals surface area contributed by atoms with Crippen molar-refractivity contribution in [2.75, 3.05) is 6.54 Å². The van der Waals surface area contributed by atoms with E-state index in [1.54, 1.807) is 18.6 Å². The second-order valence-electron chi connectivity index (χ2n) is 5.31. The number of hydrogen-bond donors (Lipinski definition) is 2. The molecule has 0 aliphatic carbocycles. The molecule has 0 radical (unpaired) electrons. The van der Waals surface area contributed by atoms with Crippen molar-refractivity contribution < 1.29 is 0 Å². The van der Waals surface area contributed by atoms with Crippen LogP contribution in [0.15, 0.2) is 49.1 Å². The van der Waals surface area contributed by atoms with Gasteiger partial charge in [-0.2, -0.15) is 0 Å². The number of aromatic nitrogens is 3. The number of fused-ring (bicyclic) bond motifs is 1. The highest BCUT2D eigenvalue weighted by Crippen LogP contribution is 2.28. The smallest absolute Gasteiger partial charge is 0.0714 e. The van der Waals surface area contributed by atoms with Gasteiger partial charge in [0.1, 0.15) is 0 Å². The summed E-state index contributed by atoms with van der Waals surface area (Å²) >= 11 is 0. The van der Waals surface area contributed by atoms with Crippen molar-refractivity contribution in [2.45, 2.75) is 12.5 Å². The zero-order valence-corrected chi connectivity index (χ0v) is 11.8. The van der Waals surface area contributed by atoms with Crippen LogP contribution in [-0.2, 0) is 5.54 Å². The molecule has 3 heterocycles. The van der Waals surface area contributed by atoms with E-state index < -0.39 is 5.54 Å². The van der Waals surface area contributed by atoms with Crippen LogP contribution >= 0.6 is 0 Å². The molecule has 0 amide bonds. The van der Waals surface area contributed by atoms with Gasteiger partial charge in [0, 0.05) is 47.7 Å². The van der Waals surface area contributed by atoms with Crippen molar-refractivity contribution in [3.8, 4) is 11.3 Å². The summed E-state index contributed by atoms with van der Waals surface area (Å²) in [5.41, 5.74) is 14.1. The fourth-order valence-electron chi connectivity index (χ4n) is 2.30. The van der Waals surface area contributed by atoms with Gasteiger partial charge in [-0.1, -0.05) is 0 Å². The van der Waals surface area contributed by atoms with Crippen molar-refractivity contribution in [2.24, 2.45) is 11.5 Å². The second-order valence-corrected chi connectivity index (χ2v) is 5.31. The Balaban J connectivity index is 2.30. The zero-order chi connectivity index (χ0) is 14.9. The lowest BCUT2D eigenvalue weighted by atomic mass is 9.93. The molecule has 5 heteroatoms. The average molecular weight is 279 g/mol. The maximum absolute atomic E-state index is 6.33. The first-order valence-corrected chi connectivity index (χ1v) is 6.76. The van der Waals surface area contributed by atoms with Crippen LogP contribution < -0.4 is 11.5 Å². The standard InChI is InChI=1S/C16H17N5/c1-16(18,10-17)15-13-4-7-20-9-12(13)8-14(21-15)11-2-5-19-6-3-11/h2-9H,10,17-18H2,1H3. The summed E-state index contributed by atoms with van der Waals surface area (Å²) in [7, 11) is 0. The molecule has 0 aromatic carbocycles. The van der Waals surface area contributed by atoms with Gasteiger partial charge in [0.05, 0.1) is 16.9 Å². The largest absolute Gasteiger partial charge is 0.328 e. The molecule has 0 aliphatic rings. The van der Waals surface area contributed by atoms with Crippen LogP contribution in [0, 0.1) is 0 Å². The Morgan fingerprint density at radius 2 is 1.81 bits per heavy atom. The highest BCUT2D eigenvalue weighted by molar-refractivity contribution is 5.87. The summed E-state index contributed by atoms with van der Waals surface area (Å²) < 4.78 is 0. The number of nitrogens with two attached hydrogens (primary N) is 2. The van der Waals surface area contributed by atoms with Crippen LogP contribution in [0.3, 0.4) is 0 Å². The van der Waals surface area contributed by atoms with Crippen LogP contribution in [0.5, 0.6) is 0 Å². The molecule has 0 bridgehead atoms. The van der Waals surface area contributed by atoms with E-state index in [4.69, 9.17) is 16.5 Å². The van der Waals surface area contributed by atoms with Gasteiger partial charge in [0.25, 0.3) is 0 Å². The van der Waals surface area contributed by atoms with Gasteiger partial charge in [-0.25, -0.2) is 0 Å². The molecule has 5 nitrogen and oxygen atoms in total. The zero-order valence-electron chi connectivity index (χ0n) is 11.8. The molecule has 0 saturated heterocycles. The molecule has 4 N–H and O–H groups in total. The van der Waals surface area contributed by atoms with Crippen molar-refractivity contribution in [3.63, 3.8) is 0 Å². The Hall–Kier alpha value is -2.37. The summed E-state index contributed by atoms with van der Waals surface area (Å²) in [5.74, 6) is 0. The Labute approximate surface area is 123 Å². The summed E-state index contributed by atoms with van der Waals surface area (Å²) in [6.45, 7) is 2.21. The Morgan fingerprint density at radius 3 is 2.52 bits per heavy atom. The molecular weight excluding hydrogens is 262 g/mol. The molecule has 0 aliphatic heterocycles. The van der Waals surface area contributed by atoms with Crippen molar-refractivity contribution in [3.05, 3.63) is 54.7 Å². The number of nitrogens with zero attached hydrogens (tertiary/aromatic N) is 3. The van der Waals surface area contributed by atoms with E-state index in [2.05, 4.69) is 9.97 Å². The Morgan fingerprint density at radius 1 is 1.10 bits per heavy atom. The van der Waals surface area contributed by atoms with Gasteiger partial charge >= 0.3 is 0 Å². The Bertz CT molecular complexity index is 768. The molecule has 0 spiro atoms. The topological polar surface area (TPSA) is 90.7 Å². The first-order valence-electron chi connectivity index (χ1n) is 6.76. The molecule has 1 atom stereocenters. The van der Waals surface area contributed by atoms with E-state index in [0.29, 0.717) is 6.54 Å². The summed E-state index contributed by atoms with van der Waals surface area (Å²) in [6.07, 6.45) is 7.05. The van der Waals surface area contributed by atoms with Gasteiger partial charge in [0.15, 0.2) is 0 Å². The van der Waals surface area contributed by atoms with E-state index in [1.807, 2.05) is 37.4 Å². The number of pyridine rings is 3. The Kier molecular flexibility index (Phi) is 3.37. The molecular formula is C16H17N5. The summed E-state index contributed by atoms with van der Waals surface area (Å²) in [6, 6.07) is 7.78. The van der Waals surface area contributed by atoms with Crippen molar-refractivity contribution >= 4 is 10.8 Å². The van der Waals surface area contributed by atoms with Gasteiger partial charge in [-0.05, 0) is 31.2 Å². The van der Waals surface area contributed by atoms with E-state index in [0.717, 1.165) is 27.7 Å². The van der Waals surface area contributed by atoms with E-state index in [9.17, 15) is 0 Å². The third kappa shape index (κ3) is 2.49. The molecule has 0 fully saturated rings. The van der Waals surface area contributed by atoms with E-state index in [-0.39, 0.29) is 0 Å². The molecule has 0 saturated carbocycles. The first kappa shape index (κ1) is 13.6. The predicted molar refractivity (Wildman–Crippen MR) is 83.4 cm³/mol. The lowest BCUT2D eigenvalue weighted by Gasteiger charge is -2.24. The van der Waals surface area contributed by atoms with E-state index >= 15 is 0 Å². The van der Waals surface area contributed by atoms with Crippen molar-refractivity contribution in [1.29, 1.82) is 0 Å². The van der Waals surface area contributed by atoms with Gasteiger partial charge in [-0.3, -0.25) is 15.0 Å². The lowest BCUT2D eigenvalue weighted by Crippen LogP contribution is -2.41. The van der Waals surface area contributed by atoms with Crippen LogP contribution in [-0.4, -0.2) is 21.5 Å².